The van der Waals surface area contributed by atoms with E-state index >= 15 is 0 Å². The standard InChI is InChI=1S/C27H26FNO6/c28-23-13-17(10-9-16(23)11-12-25(31)32)26(33)24(30)14-29-27(34)35-15-22-20-7-3-1-5-18(20)19-6-2-4-8-21(19)22/h1-10,13,22,24,26,30,33H,11-12,14-15H2,(H,29,34)(H,31,32). The number of aliphatic hydroxyl groups excluding tert-OH is 2. The van der Waals surface area contributed by atoms with Crippen LogP contribution in [0.25, 0.3) is 11.1 Å². The van der Waals surface area contributed by atoms with Gasteiger partial charge < -0.3 is 25.4 Å². The Morgan fingerprint density at radius 3 is 2.20 bits per heavy atom. The molecular weight excluding hydrogens is 453 g/mol. The minimum absolute atomic E-state index is 0.0173. The first-order valence-corrected chi connectivity index (χ1v) is 11.3. The first kappa shape index (κ1) is 24.4. The fraction of sp³-hybridized carbons (Fsp3) is 0.259. The van der Waals surface area contributed by atoms with Crippen molar-refractivity contribution in [1.82, 2.24) is 5.32 Å². The Morgan fingerprint density at radius 1 is 0.971 bits per heavy atom. The Labute approximate surface area is 201 Å². The molecule has 3 aromatic carbocycles. The van der Waals surface area contributed by atoms with Crippen molar-refractivity contribution in [2.24, 2.45) is 0 Å². The van der Waals surface area contributed by atoms with Gasteiger partial charge in [0.1, 0.15) is 24.6 Å². The molecule has 3 aromatic rings. The predicted octanol–water partition coefficient (Wildman–Crippen LogP) is 3.78. The maximum Gasteiger partial charge on any atom is 0.407 e. The number of aliphatic hydroxyl groups is 2. The minimum atomic E-state index is -1.45. The average molecular weight is 480 g/mol. The second kappa shape index (κ2) is 10.7. The zero-order valence-corrected chi connectivity index (χ0v) is 18.9. The van der Waals surface area contributed by atoms with Crippen LogP contribution in [-0.2, 0) is 16.0 Å². The van der Waals surface area contributed by atoms with Gasteiger partial charge in [0.2, 0.25) is 0 Å². The molecule has 0 bridgehead atoms. The van der Waals surface area contributed by atoms with Gasteiger partial charge in [0.15, 0.2) is 0 Å². The number of amides is 1. The van der Waals surface area contributed by atoms with Crippen LogP contribution in [0.2, 0.25) is 0 Å². The number of carboxylic acid groups (broad SMARTS) is 1. The number of carbonyl (C=O) groups excluding carboxylic acids is 1. The number of aliphatic carboxylic acids is 1. The minimum Gasteiger partial charge on any atom is -0.481 e. The van der Waals surface area contributed by atoms with Crippen LogP contribution >= 0.6 is 0 Å². The van der Waals surface area contributed by atoms with Crippen LogP contribution in [0, 0.1) is 5.82 Å². The van der Waals surface area contributed by atoms with Gasteiger partial charge in [-0.2, -0.15) is 0 Å². The fourth-order valence-electron chi connectivity index (χ4n) is 4.36. The zero-order chi connectivity index (χ0) is 24.9. The van der Waals surface area contributed by atoms with E-state index in [2.05, 4.69) is 5.32 Å². The summed E-state index contributed by atoms with van der Waals surface area (Å²) in [5, 5.41) is 31.8. The van der Waals surface area contributed by atoms with Crippen molar-refractivity contribution in [3.05, 3.63) is 94.8 Å². The van der Waals surface area contributed by atoms with E-state index in [0.717, 1.165) is 28.3 Å². The highest BCUT2D eigenvalue weighted by molar-refractivity contribution is 5.79. The SMILES string of the molecule is O=C(O)CCc1ccc(C(O)C(O)CNC(=O)OCC2c3ccccc3-c3ccccc32)cc1F. The number of rotatable bonds is 9. The highest BCUT2D eigenvalue weighted by Gasteiger charge is 2.29. The average Bonchev–Trinajstić information content (AvgIpc) is 3.18. The number of halogens is 1. The number of hydrogen-bond acceptors (Lipinski definition) is 5. The lowest BCUT2D eigenvalue weighted by atomic mass is 9.98. The van der Waals surface area contributed by atoms with Gasteiger partial charge in [-0.15, -0.1) is 0 Å². The Balaban J connectivity index is 1.30. The third-order valence-corrected chi connectivity index (χ3v) is 6.19. The Hall–Kier alpha value is -3.75. The van der Waals surface area contributed by atoms with Gasteiger partial charge in [0.25, 0.3) is 0 Å². The Bertz CT molecular complexity index is 1180. The van der Waals surface area contributed by atoms with E-state index in [-0.39, 0.29) is 43.0 Å². The number of hydrogen-bond donors (Lipinski definition) is 4. The summed E-state index contributed by atoms with van der Waals surface area (Å²) in [6, 6.07) is 19.7. The molecule has 0 spiro atoms. The quantitative estimate of drug-likeness (QED) is 0.371. The van der Waals surface area contributed by atoms with E-state index in [9.17, 15) is 24.2 Å². The van der Waals surface area contributed by atoms with E-state index < -0.39 is 30.1 Å². The van der Waals surface area contributed by atoms with Crippen molar-refractivity contribution in [3.63, 3.8) is 0 Å². The van der Waals surface area contributed by atoms with Gasteiger partial charge in [-0.05, 0) is 45.9 Å². The van der Waals surface area contributed by atoms with Crippen molar-refractivity contribution >= 4 is 12.1 Å². The Kier molecular flexibility index (Phi) is 7.43. The van der Waals surface area contributed by atoms with Crippen LogP contribution in [-0.4, -0.2) is 46.6 Å². The van der Waals surface area contributed by atoms with E-state index in [0.29, 0.717) is 0 Å². The highest BCUT2D eigenvalue weighted by Crippen LogP contribution is 2.44. The molecule has 0 saturated carbocycles. The van der Waals surface area contributed by atoms with Crippen LogP contribution in [0.4, 0.5) is 9.18 Å². The van der Waals surface area contributed by atoms with Gasteiger partial charge in [0.05, 0.1) is 0 Å². The summed E-state index contributed by atoms with van der Waals surface area (Å²) in [7, 11) is 0. The lowest BCUT2D eigenvalue weighted by molar-refractivity contribution is -0.136. The summed E-state index contributed by atoms with van der Waals surface area (Å²) in [5.41, 5.74) is 4.68. The third-order valence-electron chi connectivity index (χ3n) is 6.19. The molecular formula is C27H26FNO6. The summed E-state index contributed by atoms with van der Waals surface area (Å²) < 4.78 is 19.6. The smallest absolute Gasteiger partial charge is 0.407 e. The van der Waals surface area contributed by atoms with Crippen LogP contribution in [0.5, 0.6) is 0 Å². The van der Waals surface area contributed by atoms with E-state index in [1.165, 1.54) is 12.1 Å². The van der Waals surface area contributed by atoms with Crippen LogP contribution in [0.3, 0.4) is 0 Å². The van der Waals surface area contributed by atoms with Crippen LogP contribution in [0.1, 0.15) is 40.7 Å². The zero-order valence-electron chi connectivity index (χ0n) is 18.9. The molecule has 182 valence electrons. The number of alkyl carbamates (subject to hydrolysis) is 1. The molecule has 2 atom stereocenters. The molecule has 0 saturated heterocycles. The molecule has 7 nitrogen and oxygen atoms in total. The van der Waals surface area contributed by atoms with E-state index in [1.807, 2.05) is 48.5 Å². The second-order valence-corrected chi connectivity index (χ2v) is 8.46. The lowest BCUT2D eigenvalue weighted by Crippen LogP contribution is -2.36. The maximum atomic E-state index is 14.2. The van der Waals surface area contributed by atoms with Crippen molar-refractivity contribution in [2.75, 3.05) is 13.2 Å². The number of benzene rings is 3. The van der Waals surface area contributed by atoms with Crippen LogP contribution < -0.4 is 5.32 Å². The van der Waals surface area contributed by atoms with Gasteiger partial charge in [0, 0.05) is 18.9 Å². The normalized spacial score (nSPS) is 14.0. The lowest BCUT2D eigenvalue weighted by Gasteiger charge is -2.20. The molecule has 1 aliphatic carbocycles. The molecule has 4 N–H and O–H groups in total. The predicted molar refractivity (Wildman–Crippen MR) is 126 cm³/mol. The summed E-state index contributed by atoms with van der Waals surface area (Å²) in [6.45, 7) is -0.193. The number of nitrogens with one attached hydrogen (secondary N) is 1. The largest absolute Gasteiger partial charge is 0.481 e. The summed E-state index contributed by atoms with van der Waals surface area (Å²) in [5.74, 6) is -1.81. The summed E-state index contributed by atoms with van der Waals surface area (Å²) in [6.07, 6.45) is -3.80. The van der Waals surface area contributed by atoms with Gasteiger partial charge >= 0.3 is 12.1 Å². The molecule has 0 fully saturated rings. The van der Waals surface area contributed by atoms with Crippen molar-refractivity contribution in [2.45, 2.75) is 31.0 Å². The third kappa shape index (κ3) is 5.50. The topological polar surface area (TPSA) is 116 Å². The molecule has 0 heterocycles. The molecule has 0 aliphatic heterocycles. The number of ether oxygens (including phenoxy) is 1. The van der Waals surface area contributed by atoms with Gasteiger partial charge in [-0.3, -0.25) is 4.79 Å². The number of carbonyl (C=O) groups is 2. The molecule has 1 amide bonds. The Morgan fingerprint density at radius 2 is 1.60 bits per heavy atom. The van der Waals surface area contributed by atoms with Crippen molar-refractivity contribution in [3.8, 4) is 11.1 Å². The summed E-state index contributed by atoms with van der Waals surface area (Å²) >= 11 is 0. The molecule has 35 heavy (non-hydrogen) atoms. The molecule has 4 rings (SSSR count). The summed E-state index contributed by atoms with van der Waals surface area (Å²) in [4.78, 5) is 22.9. The molecule has 1 aliphatic rings. The molecule has 0 aromatic heterocycles. The number of fused-ring (bicyclic) bond motifs is 3. The second-order valence-electron chi connectivity index (χ2n) is 8.46. The van der Waals surface area contributed by atoms with Crippen molar-refractivity contribution < 1.29 is 34.0 Å². The van der Waals surface area contributed by atoms with Crippen molar-refractivity contribution in [1.29, 1.82) is 0 Å². The van der Waals surface area contributed by atoms with Gasteiger partial charge in [-0.25, -0.2) is 9.18 Å². The van der Waals surface area contributed by atoms with Gasteiger partial charge in [-0.1, -0.05) is 60.7 Å². The first-order chi connectivity index (χ1) is 16.8. The molecule has 0 radical (unpaired) electrons. The molecule has 2 unspecified atom stereocenters. The van der Waals surface area contributed by atoms with Crippen LogP contribution in [0.15, 0.2) is 66.7 Å². The maximum absolute atomic E-state index is 14.2. The van der Waals surface area contributed by atoms with E-state index in [4.69, 9.17) is 9.84 Å². The first-order valence-electron chi connectivity index (χ1n) is 11.3. The fourth-order valence-corrected chi connectivity index (χ4v) is 4.36. The monoisotopic (exact) mass is 479 g/mol. The highest BCUT2D eigenvalue weighted by atomic mass is 19.1. The molecule has 8 heteroatoms. The van der Waals surface area contributed by atoms with E-state index in [1.54, 1.807) is 0 Å². The number of aryl methyl sites for hydroxylation is 1. The number of carboxylic acids is 1.